The first-order valence-electron chi connectivity index (χ1n) is 24.4. The summed E-state index contributed by atoms with van der Waals surface area (Å²) in [5, 5.41) is 22.9. The zero-order valence-electron chi connectivity index (χ0n) is 40.0. The third-order valence-electron chi connectivity index (χ3n) is 15.1. The number of thioether (sulfide) groups is 2. The molecular formula is C50H73N9O5S2. The minimum Gasteiger partial charge on any atom is -0.347 e. The van der Waals surface area contributed by atoms with E-state index >= 15 is 0 Å². The number of carbonyl (C=O) groups is 5. The molecular weight excluding hydrogens is 871 g/mol. The van der Waals surface area contributed by atoms with Crippen LogP contribution in [0.5, 0.6) is 0 Å². The lowest BCUT2D eigenvalue weighted by Gasteiger charge is -2.36. The average molecular weight is 944 g/mol. The van der Waals surface area contributed by atoms with Crippen molar-refractivity contribution in [1.82, 2.24) is 47.0 Å². The van der Waals surface area contributed by atoms with E-state index in [0.29, 0.717) is 25.3 Å². The largest absolute Gasteiger partial charge is 0.347 e. The van der Waals surface area contributed by atoms with Crippen molar-refractivity contribution in [3.8, 4) is 0 Å². The van der Waals surface area contributed by atoms with Gasteiger partial charge in [0, 0.05) is 24.5 Å². The van der Waals surface area contributed by atoms with E-state index in [-0.39, 0.29) is 75.4 Å². The van der Waals surface area contributed by atoms with E-state index in [1.165, 1.54) is 11.1 Å². The number of urea groups is 1. The first kappa shape index (κ1) is 48.6. The van der Waals surface area contributed by atoms with E-state index in [2.05, 4.69) is 102 Å². The Morgan fingerprint density at radius 1 is 0.727 bits per heavy atom. The molecule has 0 bridgehead atoms. The molecule has 0 aromatic heterocycles. The van der Waals surface area contributed by atoms with Gasteiger partial charge in [0.1, 0.15) is 18.2 Å². The Labute approximate surface area is 400 Å². The monoisotopic (exact) mass is 944 g/mol. The number of amides is 6. The molecule has 14 nitrogen and oxygen atoms in total. The van der Waals surface area contributed by atoms with Gasteiger partial charge in [-0.15, -0.1) is 23.5 Å². The number of nitrogens with one attached hydrogen (secondary N) is 7. The normalized spacial score (nSPS) is 29.8. The van der Waals surface area contributed by atoms with E-state index in [1.54, 1.807) is 23.5 Å². The summed E-state index contributed by atoms with van der Waals surface area (Å²) >= 11 is 3.51. The molecule has 4 aliphatic heterocycles. The van der Waals surface area contributed by atoms with Crippen LogP contribution in [-0.2, 0) is 38.6 Å². The van der Waals surface area contributed by atoms with Crippen LogP contribution >= 0.6 is 23.5 Å². The Morgan fingerprint density at radius 3 is 2.11 bits per heavy atom. The van der Waals surface area contributed by atoms with Gasteiger partial charge in [0.2, 0.25) is 23.6 Å². The van der Waals surface area contributed by atoms with Crippen molar-refractivity contribution in [1.29, 1.82) is 0 Å². The maximum Gasteiger partial charge on any atom is 0.316 e. The minimum atomic E-state index is -0.705. The van der Waals surface area contributed by atoms with E-state index in [1.807, 2.05) is 35.9 Å². The third kappa shape index (κ3) is 10.4. The fraction of sp³-hybridized carbons (Fsp3) is 0.660. The summed E-state index contributed by atoms with van der Waals surface area (Å²) in [6.07, 6.45) is 7.76. The fourth-order valence-electron chi connectivity index (χ4n) is 11.2. The quantitative estimate of drug-likeness (QED) is 0.141. The lowest BCUT2D eigenvalue weighted by molar-refractivity contribution is -0.142. The van der Waals surface area contributed by atoms with Gasteiger partial charge in [-0.05, 0) is 130 Å². The predicted molar refractivity (Wildman–Crippen MR) is 262 cm³/mol. The molecule has 16 heteroatoms. The number of fused-ring (bicyclic) bond motifs is 4. The number of benzene rings is 2. The van der Waals surface area contributed by atoms with Gasteiger partial charge in [-0.3, -0.25) is 19.2 Å². The summed E-state index contributed by atoms with van der Waals surface area (Å²) in [5.41, 5.74) is 5.00. The molecule has 66 heavy (non-hydrogen) atoms. The van der Waals surface area contributed by atoms with Crippen molar-refractivity contribution in [2.45, 2.75) is 172 Å². The Hall–Kier alpha value is -3.83. The fourth-order valence-corrected chi connectivity index (χ4v) is 14.4. The molecule has 6 amide bonds. The first-order valence-corrected chi connectivity index (χ1v) is 26.5. The molecule has 7 N–H and O–H groups in total. The number of hydrogen-bond donors (Lipinski definition) is 7. The van der Waals surface area contributed by atoms with Gasteiger partial charge in [0.25, 0.3) is 0 Å². The Balaban J connectivity index is 0.863. The van der Waals surface area contributed by atoms with Crippen LogP contribution < -0.4 is 37.2 Å². The molecule has 10 atom stereocenters. The highest BCUT2D eigenvalue weighted by atomic mass is 32.2. The highest BCUT2D eigenvalue weighted by Crippen LogP contribution is 2.47. The maximum absolute atomic E-state index is 14.4. The van der Waals surface area contributed by atoms with Crippen molar-refractivity contribution in [2.75, 3.05) is 25.1 Å². The lowest BCUT2D eigenvalue weighted by atomic mass is 9.82. The average Bonchev–Trinajstić information content (AvgIpc) is 3.58. The van der Waals surface area contributed by atoms with Gasteiger partial charge in [-0.2, -0.15) is 0 Å². The zero-order chi connectivity index (χ0) is 46.9. The summed E-state index contributed by atoms with van der Waals surface area (Å²) < 4.78 is 0. The van der Waals surface area contributed by atoms with Gasteiger partial charge in [-0.1, -0.05) is 70.2 Å². The smallest absolute Gasteiger partial charge is 0.316 e. The number of nitrogens with zero attached hydrogens (tertiary/aromatic N) is 2. The van der Waals surface area contributed by atoms with Crippen molar-refractivity contribution < 1.29 is 24.0 Å². The van der Waals surface area contributed by atoms with Crippen LogP contribution in [0.15, 0.2) is 42.5 Å². The van der Waals surface area contributed by atoms with Crippen LogP contribution in [-0.4, -0.2) is 112 Å². The van der Waals surface area contributed by atoms with Crippen molar-refractivity contribution in [2.24, 2.45) is 10.8 Å². The van der Waals surface area contributed by atoms with Gasteiger partial charge in [-0.25, -0.2) is 4.79 Å². The van der Waals surface area contributed by atoms with Gasteiger partial charge in [0.15, 0.2) is 0 Å². The van der Waals surface area contributed by atoms with Gasteiger partial charge < -0.3 is 47.0 Å². The SMILES string of the molecule is CN[C@@H](C)CN[C@H]1CCS[C@H]2CC(C)(C)[C@@H](C(=O)N[C@@H]3CCCc4cc(CN[C@@H](C)C(=O)N[C@H]5CCS[C@H]6CC(C)(C)[C@@H](NC(=O)N[C@@H]7CCCc8ccccc87)N6C5=O)ccc43)N2C1=O. The van der Waals surface area contributed by atoms with Crippen LogP contribution in [0.1, 0.15) is 133 Å². The second-order valence-corrected chi connectivity index (χ2v) is 23.5. The Kier molecular flexibility index (Phi) is 15.0. The lowest BCUT2D eigenvalue weighted by Crippen LogP contribution is -2.60. The van der Waals surface area contributed by atoms with E-state index in [0.717, 1.165) is 80.2 Å². The van der Waals surface area contributed by atoms with Crippen molar-refractivity contribution in [3.05, 3.63) is 70.3 Å². The van der Waals surface area contributed by atoms with Crippen LogP contribution in [0, 0.1) is 10.8 Å². The second-order valence-electron chi connectivity index (χ2n) is 21.0. The maximum atomic E-state index is 14.4. The molecule has 0 radical (unpaired) electrons. The second kappa shape index (κ2) is 20.4. The molecule has 0 unspecified atom stereocenters. The summed E-state index contributed by atoms with van der Waals surface area (Å²) in [5.74, 6) is 1.11. The minimum absolute atomic E-state index is 0.0219. The molecule has 0 saturated carbocycles. The molecule has 4 saturated heterocycles. The third-order valence-corrected chi connectivity index (χ3v) is 17.6. The number of rotatable bonds is 13. The molecule has 6 aliphatic rings. The van der Waals surface area contributed by atoms with Crippen molar-refractivity contribution in [3.63, 3.8) is 0 Å². The molecule has 0 spiro atoms. The van der Waals surface area contributed by atoms with E-state index < -0.39 is 24.3 Å². The number of carbonyl (C=O) groups excluding carboxylic acids is 5. The zero-order valence-corrected chi connectivity index (χ0v) is 41.6. The molecule has 4 heterocycles. The van der Waals surface area contributed by atoms with Gasteiger partial charge >= 0.3 is 6.03 Å². The standard InChI is InChI=1S/C50H73N9O5S2/c1-29(51-7)27-53-38-20-22-65-40-25-49(3,4)42(58(40)45(38)62)44(61)54-36-16-11-14-33-24-31(18-19-35(33)36)28-52-30(2)43(60)55-39-21-23-66-41-26-50(5,6)47(59(41)46(39)63)57-48(64)56-37-17-10-13-32-12-8-9-15-34(32)37/h8-9,12,15,18-19,24,29-30,36-42,47,51-53H,10-11,13-14,16-17,20-23,25-28H2,1-7H3,(H,54,61)(H,55,60)(H2,56,57,64)/t29-,30-,36+,37+,38-,39-,40-,41-,42+,47-/m0/s1. The van der Waals surface area contributed by atoms with Crippen LogP contribution in [0.2, 0.25) is 0 Å². The topological polar surface area (TPSA) is 176 Å². The Morgan fingerprint density at radius 2 is 1.36 bits per heavy atom. The molecule has 360 valence electrons. The molecule has 4 fully saturated rings. The first-order chi connectivity index (χ1) is 31.5. The Bertz CT molecular complexity index is 2140. The molecule has 8 rings (SSSR count). The van der Waals surface area contributed by atoms with E-state index in [9.17, 15) is 24.0 Å². The summed E-state index contributed by atoms with van der Waals surface area (Å²) in [7, 11) is 1.92. The number of hydrogen-bond acceptors (Lipinski definition) is 10. The van der Waals surface area contributed by atoms with Crippen molar-refractivity contribution >= 4 is 53.2 Å². The van der Waals surface area contributed by atoms with Crippen LogP contribution in [0.4, 0.5) is 4.79 Å². The van der Waals surface area contributed by atoms with Gasteiger partial charge in [0.05, 0.1) is 34.9 Å². The highest BCUT2D eigenvalue weighted by Gasteiger charge is 2.55. The highest BCUT2D eigenvalue weighted by molar-refractivity contribution is 8.00. The molecule has 2 aromatic rings. The van der Waals surface area contributed by atoms with Crippen LogP contribution in [0.25, 0.3) is 0 Å². The van der Waals surface area contributed by atoms with Crippen LogP contribution in [0.3, 0.4) is 0 Å². The molecule has 2 aliphatic carbocycles. The molecule has 2 aromatic carbocycles. The summed E-state index contributed by atoms with van der Waals surface area (Å²) in [6, 6.07) is 12.2. The number of aryl methyl sites for hydroxylation is 2. The van der Waals surface area contributed by atoms with E-state index in [4.69, 9.17) is 0 Å². The predicted octanol–water partition coefficient (Wildman–Crippen LogP) is 5.22. The number of likely N-dealkylation sites (N-methyl/N-ethyl adjacent to an activating group) is 1. The summed E-state index contributed by atoms with van der Waals surface area (Å²) in [6.45, 7) is 13.5. The summed E-state index contributed by atoms with van der Waals surface area (Å²) in [4.78, 5) is 73.9.